The van der Waals surface area contributed by atoms with Crippen LogP contribution < -0.4 is 20.6 Å². The summed E-state index contributed by atoms with van der Waals surface area (Å²) >= 11 is 0. The van der Waals surface area contributed by atoms with E-state index in [0.29, 0.717) is 29.6 Å². The molecular weight excluding hydrogens is 417 g/mol. The van der Waals surface area contributed by atoms with Gasteiger partial charge in [0.25, 0.3) is 0 Å². The maximum absolute atomic E-state index is 13.0. The first-order valence-corrected chi connectivity index (χ1v) is 12.0. The van der Waals surface area contributed by atoms with Crippen LogP contribution in [0.4, 0.5) is 5.69 Å². The zero-order valence-corrected chi connectivity index (χ0v) is 17.0. The Morgan fingerprint density at radius 3 is 2.62 bits per heavy atom. The number of hydrogen-bond donors (Lipinski definition) is 4. The molecule has 154 valence electrons. The number of nitrogen functional groups attached to an aromatic ring is 1. The fourth-order valence-electron chi connectivity index (χ4n) is 3.21. The van der Waals surface area contributed by atoms with Gasteiger partial charge in [-0.1, -0.05) is 6.07 Å². The van der Waals surface area contributed by atoms with Crippen LogP contribution in [0.2, 0.25) is 0 Å². The van der Waals surface area contributed by atoms with Gasteiger partial charge in [0.2, 0.25) is 20.0 Å². The molecule has 29 heavy (non-hydrogen) atoms. The molecule has 0 saturated heterocycles. The lowest BCUT2D eigenvalue weighted by Gasteiger charge is -2.17. The predicted molar refractivity (Wildman–Crippen MR) is 109 cm³/mol. The van der Waals surface area contributed by atoms with Crippen LogP contribution in [0, 0.1) is 0 Å². The van der Waals surface area contributed by atoms with Gasteiger partial charge in [0, 0.05) is 12.2 Å². The van der Waals surface area contributed by atoms with Crippen molar-refractivity contribution in [3.63, 3.8) is 0 Å². The molecule has 0 spiro atoms. The van der Waals surface area contributed by atoms with Crippen molar-refractivity contribution in [3.05, 3.63) is 47.5 Å². The average Bonchev–Trinajstić information content (AvgIpc) is 3.44. The molecule has 0 amide bonds. The van der Waals surface area contributed by atoms with Gasteiger partial charge < -0.3 is 15.5 Å². The standard InChI is InChI=1S/C17H20BN3O6S2/c19-11-1-6-16(10(7-11)9-20-28(23,24)13-3-4-13)29(25,26)21-17-14-5-2-12(22)8-15(14)18-27-17/h1-2,5-8,13,17-18,20-22H,3-4,9,19H2. The SMILES string of the molecule is Nc1ccc(S(=O)(=O)NC2OBc3cc(O)ccc32)c(CNS(=O)(=O)C2CC2)c1. The molecule has 2 aromatic rings. The Morgan fingerprint density at radius 2 is 1.90 bits per heavy atom. The molecule has 1 fully saturated rings. The maximum Gasteiger partial charge on any atom is 0.311 e. The predicted octanol–water partition coefficient (Wildman–Crippen LogP) is -0.460. The van der Waals surface area contributed by atoms with E-state index in [2.05, 4.69) is 9.44 Å². The molecule has 1 aliphatic carbocycles. The average molecular weight is 437 g/mol. The summed E-state index contributed by atoms with van der Waals surface area (Å²) in [5.41, 5.74) is 7.64. The zero-order valence-electron chi connectivity index (χ0n) is 15.3. The van der Waals surface area contributed by atoms with Crippen LogP contribution in [-0.4, -0.2) is 34.7 Å². The van der Waals surface area contributed by atoms with Gasteiger partial charge >= 0.3 is 7.48 Å². The van der Waals surface area contributed by atoms with Gasteiger partial charge in [-0.05, 0) is 59.8 Å². The number of phenolic OH excluding ortho intramolecular Hbond substituents is 1. The Labute approximate surface area is 169 Å². The maximum atomic E-state index is 13.0. The lowest BCUT2D eigenvalue weighted by Crippen LogP contribution is -2.31. The summed E-state index contributed by atoms with van der Waals surface area (Å²) in [6, 6.07) is 8.78. The molecule has 1 heterocycles. The van der Waals surface area contributed by atoms with Crippen LogP contribution in [-0.2, 0) is 31.2 Å². The van der Waals surface area contributed by atoms with Crippen LogP contribution >= 0.6 is 0 Å². The van der Waals surface area contributed by atoms with Gasteiger partial charge in [0.15, 0.2) is 0 Å². The number of anilines is 1. The number of nitrogens with one attached hydrogen (secondary N) is 2. The van der Waals surface area contributed by atoms with Crippen LogP contribution in [0.3, 0.4) is 0 Å². The first-order chi connectivity index (χ1) is 13.7. The molecule has 0 radical (unpaired) electrons. The Bertz CT molecular complexity index is 1170. The number of phenols is 1. The molecule has 9 nitrogen and oxygen atoms in total. The van der Waals surface area contributed by atoms with Crippen LogP contribution in [0.15, 0.2) is 41.3 Å². The fourth-order valence-corrected chi connectivity index (χ4v) is 5.89. The number of benzene rings is 2. The lowest BCUT2D eigenvalue weighted by atomic mass is 9.87. The van der Waals surface area contributed by atoms with Crippen molar-refractivity contribution in [1.29, 1.82) is 0 Å². The molecule has 5 N–H and O–H groups in total. The highest BCUT2D eigenvalue weighted by Gasteiger charge is 2.36. The van der Waals surface area contributed by atoms with Crippen molar-refractivity contribution >= 4 is 38.7 Å². The van der Waals surface area contributed by atoms with E-state index < -0.39 is 31.5 Å². The Hall–Kier alpha value is -2.12. The van der Waals surface area contributed by atoms with E-state index in [1.54, 1.807) is 6.07 Å². The second kappa shape index (κ2) is 7.29. The second-order valence-electron chi connectivity index (χ2n) is 7.13. The van der Waals surface area contributed by atoms with Gasteiger partial charge in [-0.25, -0.2) is 21.6 Å². The van der Waals surface area contributed by atoms with E-state index in [-0.39, 0.29) is 30.2 Å². The minimum atomic E-state index is -4.04. The number of aromatic hydroxyl groups is 1. The number of nitrogens with two attached hydrogens (primary N) is 1. The minimum Gasteiger partial charge on any atom is -0.508 e. The summed E-state index contributed by atoms with van der Waals surface area (Å²) in [6.45, 7) is -0.184. The topological polar surface area (TPSA) is 148 Å². The van der Waals surface area contributed by atoms with Gasteiger partial charge in [-0.3, -0.25) is 0 Å². The molecule has 1 aliphatic heterocycles. The van der Waals surface area contributed by atoms with Crippen molar-refractivity contribution < 1.29 is 26.6 Å². The summed E-state index contributed by atoms with van der Waals surface area (Å²) in [4.78, 5) is -0.0824. The summed E-state index contributed by atoms with van der Waals surface area (Å²) in [6.07, 6.45) is 0.295. The van der Waals surface area contributed by atoms with Crippen molar-refractivity contribution in [1.82, 2.24) is 9.44 Å². The molecule has 1 atom stereocenters. The number of hydrogen-bond acceptors (Lipinski definition) is 7. The van der Waals surface area contributed by atoms with Crippen LogP contribution in [0.25, 0.3) is 0 Å². The van der Waals surface area contributed by atoms with Crippen molar-refractivity contribution in [2.45, 2.75) is 35.8 Å². The first kappa shape index (κ1) is 20.2. The monoisotopic (exact) mass is 437 g/mol. The third-order valence-electron chi connectivity index (χ3n) is 4.88. The smallest absolute Gasteiger partial charge is 0.311 e. The van der Waals surface area contributed by atoms with Gasteiger partial charge in [0.05, 0.1) is 10.1 Å². The number of sulfonamides is 2. The molecule has 4 rings (SSSR count). The molecule has 0 aromatic heterocycles. The molecule has 2 aliphatic rings. The molecular formula is C17H20BN3O6S2. The highest BCUT2D eigenvalue weighted by Crippen LogP contribution is 2.29. The summed E-state index contributed by atoms with van der Waals surface area (Å²) < 4.78 is 60.7. The van der Waals surface area contributed by atoms with E-state index in [1.165, 1.54) is 30.3 Å². The number of rotatable bonds is 7. The minimum absolute atomic E-state index is 0.0691. The number of fused-ring (bicyclic) bond motifs is 1. The summed E-state index contributed by atoms with van der Waals surface area (Å²) in [7, 11) is -7.37. The van der Waals surface area contributed by atoms with Crippen LogP contribution in [0.1, 0.15) is 30.2 Å². The van der Waals surface area contributed by atoms with Gasteiger partial charge in [0.1, 0.15) is 12.0 Å². The Morgan fingerprint density at radius 1 is 1.14 bits per heavy atom. The van der Waals surface area contributed by atoms with Crippen molar-refractivity contribution in [2.75, 3.05) is 5.73 Å². The largest absolute Gasteiger partial charge is 0.508 e. The molecule has 2 aromatic carbocycles. The molecule has 1 saturated carbocycles. The third-order valence-corrected chi connectivity index (χ3v) is 8.28. The summed E-state index contributed by atoms with van der Waals surface area (Å²) in [5, 5.41) is 9.15. The zero-order chi connectivity index (χ0) is 20.8. The highest BCUT2D eigenvalue weighted by molar-refractivity contribution is 7.90. The van der Waals surface area contributed by atoms with Crippen molar-refractivity contribution in [2.24, 2.45) is 0 Å². The molecule has 1 unspecified atom stereocenters. The third kappa shape index (κ3) is 4.26. The van der Waals surface area contributed by atoms with E-state index in [9.17, 15) is 21.9 Å². The molecule has 12 heteroatoms. The fraction of sp³-hybridized carbons (Fsp3) is 0.294. The van der Waals surface area contributed by atoms with Gasteiger partial charge in [-0.15, -0.1) is 0 Å². The Kier molecular flexibility index (Phi) is 5.07. The normalized spacial score (nSPS) is 19.0. The van der Waals surface area contributed by atoms with Crippen molar-refractivity contribution in [3.8, 4) is 5.75 Å². The van der Waals surface area contributed by atoms with E-state index in [0.717, 1.165) is 0 Å². The molecule has 0 bridgehead atoms. The summed E-state index contributed by atoms with van der Waals surface area (Å²) in [5.74, 6) is 0.0691. The van der Waals surface area contributed by atoms with E-state index in [4.69, 9.17) is 10.4 Å². The quantitative estimate of drug-likeness (QED) is 0.338. The lowest BCUT2D eigenvalue weighted by molar-refractivity contribution is 0.221. The van der Waals surface area contributed by atoms with E-state index >= 15 is 0 Å². The van der Waals surface area contributed by atoms with Crippen LogP contribution in [0.5, 0.6) is 5.75 Å². The highest BCUT2D eigenvalue weighted by atomic mass is 32.2. The first-order valence-electron chi connectivity index (χ1n) is 8.98. The van der Waals surface area contributed by atoms with E-state index in [1.807, 2.05) is 0 Å². The second-order valence-corrected chi connectivity index (χ2v) is 10.9. The Balaban J connectivity index is 1.59. The van der Waals surface area contributed by atoms with Gasteiger partial charge in [-0.2, -0.15) is 4.72 Å².